The van der Waals surface area contributed by atoms with Crippen molar-refractivity contribution >= 4 is 21.5 Å². The van der Waals surface area contributed by atoms with Crippen molar-refractivity contribution in [3.63, 3.8) is 0 Å². The van der Waals surface area contributed by atoms with Crippen LogP contribution in [0.3, 0.4) is 0 Å². The first-order valence-electron chi connectivity index (χ1n) is 7.77. The third kappa shape index (κ3) is 2.26. The second-order valence-corrected chi connectivity index (χ2v) is 9.12. The average Bonchev–Trinajstić information content (AvgIpc) is 2.71. The van der Waals surface area contributed by atoms with Crippen molar-refractivity contribution in [1.82, 2.24) is 0 Å². The third-order valence-electron chi connectivity index (χ3n) is 5.87. The molecule has 5 heteroatoms. The van der Waals surface area contributed by atoms with E-state index >= 15 is 0 Å². The van der Waals surface area contributed by atoms with Gasteiger partial charge in [0.15, 0.2) is 0 Å². The van der Waals surface area contributed by atoms with Gasteiger partial charge in [0.25, 0.3) is 0 Å². The molecular weight excluding hydrogens is 298 g/mol. The first kappa shape index (κ1) is 15.5. The van der Waals surface area contributed by atoms with Gasteiger partial charge in [-0.05, 0) is 48.8 Å². The van der Waals surface area contributed by atoms with Crippen LogP contribution in [-0.2, 0) is 14.8 Å². The number of hydrogen-bond donors (Lipinski definition) is 1. The number of carbonyl (C=O) groups excluding carboxylic acids is 1. The Bertz CT molecular complexity index is 723. The van der Waals surface area contributed by atoms with E-state index in [1.807, 2.05) is 19.1 Å². The Morgan fingerprint density at radius 1 is 1.32 bits per heavy atom. The molecule has 1 N–H and O–H groups in total. The van der Waals surface area contributed by atoms with Gasteiger partial charge >= 0.3 is 0 Å². The Labute approximate surface area is 132 Å². The summed E-state index contributed by atoms with van der Waals surface area (Å²) in [5.74, 6) is 0.355. The Kier molecular flexibility index (Phi) is 3.40. The van der Waals surface area contributed by atoms with E-state index in [4.69, 9.17) is 0 Å². The minimum absolute atomic E-state index is 0.101. The fraction of sp³-hybridized carbons (Fsp3) is 0.588. The summed E-state index contributed by atoms with van der Waals surface area (Å²) in [6, 6.07) is 7.28. The highest BCUT2D eigenvalue weighted by Gasteiger charge is 2.65. The average molecular weight is 321 g/mol. The summed E-state index contributed by atoms with van der Waals surface area (Å²) in [6.45, 7) is 6.02. The van der Waals surface area contributed by atoms with Crippen molar-refractivity contribution in [2.24, 2.45) is 16.7 Å². The molecule has 0 aliphatic heterocycles. The second-order valence-electron chi connectivity index (χ2n) is 7.40. The molecule has 2 aliphatic carbocycles. The molecule has 22 heavy (non-hydrogen) atoms. The Hall–Kier alpha value is -1.36. The van der Waals surface area contributed by atoms with Crippen molar-refractivity contribution in [2.45, 2.75) is 40.0 Å². The van der Waals surface area contributed by atoms with E-state index in [1.165, 1.54) is 0 Å². The van der Waals surface area contributed by atoms with E-state index in [2.05, 4.69) is 18.6 Å². The van der Waals surface area contributed by atoms with Crippen LogP contribution in [0.25, 0.3) is 0 Å². The maximum atomic E-state index is 12.6. The number of Topliss-reactive ketones (excluding diaryl/α,β-unsaturated/α-hetero) is 1. The molecule has 0 aromatic heterocycles. The van der Waals surface area contributed by atoms with Crippen molar-refractivity contribution < 1.29 is 13.2 Å². The maximum Gasteiger partial charge on any atom is 0.233 e. The zero-order chi connectivity index (χ0) is 16.2. The molecule has 0 heterocycles. The number of fused-ring (bicyclic) bond motifs is 2. The van der Waals surface area contributed by atoms with E-state index in [-0.39, 0.29) is 17.0 Å². The van der Waals surface area contributed by atoms with Crippen LogP contribution in [0.5, 0.6) is 0 Å². The molecule has 2 atom stereocenters. The number of aryl methyl sites for hydroxylation is 1. The van der Waals surface area contributed by atoms with Gasteiger partial charge < -0.3 is 0 Å². The van der Waals surface area contributed by atoms with Crippen LogP contribution < -0.4 is 4.72 Å². The summed E-state index contributed by atoms with van der Waals surface area (Å²) < 4.78 is 27.9. The van der Waals surface area contributed by atoms with Gasteiger partial charge in [0.2, 0.25) is 10.0 Å². The monoisotopic (exact) mass is 321 g/mol. The van der Waals surface area contributed by atoms with Gasteiger partial charge in [-0.15, -0.1) is 0 Å². The Balaban J connectivity index is 1.87. The first-order valence-corrected chi connectivity index (χ1v) is 9.42. The highest BCUT2D eigenvalue weighted by atomic mass is 32.2. The zero-order valence-corrected chi connectivity index (χ0v) is 14.2. The number of hydrogen-bond acceptors (Lipinski definition) is 3. The number of sulfonamides is 1. The molecule has 0 radical (unpaired) electrons. The van der Waals surface area contributed by atoms with Gasteiger partial charge in [-0.1, -0.05) is 26.0 Å². The highest BCUT2D eigenvalue weighted by Crippen LogP contribution is 2.64. The molecule has 0 amide bonds. The molecule has 2 aliphatic rings. The van der Waals surface area contributed by atoms with Crippen LogP contribution >= 0.6 is 0 Å². The number of nitrogens with one attached hydrogen (secondary N) is 1. The predicted molar refractivity (Wildman–Crippen MR) is 87.2 cm³/mol. The van der Waals surface area contributed by atoms with Gasteiger partial charge in [0.1, 0.15) is 5.78 Å². The van der Waals surface area contributed by atoms with Crippen LogP contribution in [0, 0.1) is 23.7 Å². The van der Waals surface area contributed by atoms with Crippen molar-refractivity contribution in [1.29, 1.82) is 0 Å². The van der Waals surface area contributed by atoms with E-state index < -0.39 is 15.4 Å². The molecule has 120 valence electrons. The molecule has 0 saturated heterocycles. The number of benzene rings is 1. The largest absolute Gasteiger partial charge is 0.299 e. The molecular formula is C17H23NO3S. The lowest BCUT2D eigenvalue weighted by atomic mass is 9.70. The number of anilines is 1. The van der Waals surface area contributed by atoms with E-state index in [9.17, 15) is 13.2 Å². The summed E-state index contributed by atoms with van der Waals surface area (Å²) in [5.41, 5.74) is 0.615. The second kappa shape index (κ2) is 4.82. The van der Waals surface area contributed by atoms with Crippen molar-refractivity contribution in [2.75, 3.05) is 10.5 Å². The van der Waals surface area contributed by atoms with E-state index in [1.54, 1.807) is 12.1 Å². The van der Waals surface area contributed by atoms with Gasteiger partial charge in [-0.2, -0.15) is 0 Å². The van der Waals surface area contributed by atoms with Crippen LogP contribution in [-0.4, -0.2) is 20.0 Å². The van der Waals surface area contributed by atoms with Gasteiger partial charge in [0.05, 0.1) is 11.2 Å². The summed E-state index contributed by atoms with van der Waals surface area (Å²) in [6.07, 6.45) is 2.18. The Morgan fingerprint density at radius 2 is 2.05 bits per heavy atom. The SMILES string of the molecule is Cc1cccc(NS(=O)(=O)CC23CCC(CC2=O)C3(C)C)c1. The normalized spacial score (nSPS) is 29.8. The quantitative estimate of drug-likeness (QED) is 0.926. The number of carbonyl (C=O) groups is 1. The standard InChI is InChI=1S/C17H23NO3S/c1-12-5-4-6-14(9-12)18-22(20,21)11-17-8-7-13(10-15(17)19)16(17,2)3/h4-6,9,13,18H,7-8,10-11H2,1-3H3. The summed E-state index contributed by atoms with van der Waals surface area (Å²) in [4.78, 5) is 12.5. The van der Waals surface area contributed by atoms with Crippen LogP contribution in [0.2, 0.25) is 0 Å². The molecule has 1 aromatic carbocycles. The lowest BCUT2D eigenvalue weighted by Gasteiger charge is -2.36. The molecule has 3 rings (SSSR count). The number of ketones is 1. The summed E-state index contributed by atoms with van der Waals surface area (Å²) >= 11 is 0. The van der Waals surface area contributed by atoms with Gasteiger partial charge in [-0.25, -0.2) is 8.42 Å². The van der Waals surface area contributed by atoms with Crippen LogP contribution in [0.15, 0.2) is 24.3 Å². The molecule has 2 bridgehead atoms. The molecule has 2 fully saturated rings. The Morgan fingerprint density at radius 3 is 2.59 bits per heavy atom. The lowest BCUT2D eigenvalue weighted by molar-refractivity contribution is -0.128. The fourth-order valence-corrected chi connectivity index (χ4v) is 6.24. The van der Waals surface area contributed by atoms with Crippen LogP contribution in [0.1, 0.15) is 38.7 Å². The first-order chi connectivity index (χ1) is 10.2. The maximum absolute atomic E-state index is 12.6. The number of rotatable bonds is 4. The van der Waals surface area contributed by atoms with Gasteiger partial charge in [-0.3, -0.25) is 9.52 Å². The van der Waals surface area contributed by atoms with Crippen molar-refractivity contribution in [3.8, 4) is 0 Å². The summed E-state index contributed by atoms with van der Waals surface area (Å²) in [7, 11) is -3.55. The fourth-order valence-electron chi connectivity index (χ4n) is 4.36. The van der Waals surface area contributed by atoms with E-state index in [0.717, 1.165) is 12.0 Å². The molecule has 2 saturated carbocycles. The minimum atomic E-state index is -3.55. The van der Waals surface area contributed by atoms with Crippen LogP contribution in [0.4, 0.5) is 5.69 Å². The third-order valence-corrected chi connectivity index (χ3v) is 7.29. The van der Waals surface area contributed by atoms with Crippen molar-refractivity contribution in [3.05, 3.63) is 29.8 Å². The molecule has 4 nitrogen and oxygen atoms in total. The van der Waals surface area contributed by atoms with Gasteiger partial charge in [0, 0.05) is 12.1 Å². The highest BCUT2D eigenvalue weighted by molar-refractivity contribution is 7.92. The predicted octanol–water partition coefficient (Wildman–Crippen LogP) is 3.13. The minimum Gasteiger partial charge on any atom is -0.299 e. The topological polar surface area (TPSA) is 63.2 Å². The van der Waals surface area contributed by atoms with E-state index in [0.29, 0.717) is 24.4 Å². The smallest absolute Gasteiger partial charge is 0.233 e. The lowest BCUT2D eigenvalue weighted by Crippen LogP contribution is -2.43. The zero-order valence-electron chi connectivity index (χ0n) is 13.3. The molecule has 0 spiro atoms. The molecule has 1 aromatic rings. The molecule has 2 unspecified atom stereocenters. The summed E-state index contributed by atoms with van der Waals surface area (Å²) in [5, 5.41) is 0.